The summed E-state index contributed by atoms with van der Waals surface area (Å²) < 4.78 is 28.4. The second-order valence-electron chi connectivity index (χ2n) is 5.67. The molecular weight excluding hydrogens is 324 g/mol. The van der Waals surface area contributed by atoms with Crippen LogP contribution < -0.4 is 0 Å². The van der Waals surface area contributed by atoms with Gasteiger partial charge in [-0.1, -0.05) is 23.7 Å². The lowest BCUT2D eigenvalue weighted by atomic mass is 10.1. The van der Waals surface area contributed by atoms with Gasteiger partial charge < -0.3 is 4.74 Å². The Morgan fingerprint density at radius 2 is 1.91 bits per heavy atom. The number of hydrogen-bond acceptors (Lipinski definition) is 4. The average Bonchev–Trinajstić information content (AvgIpc) is 2.90. The molecule has 0 spiro atoms. The van der Waals surface area contributed by atoms with Gasteiger partial charge in [-0.2, -0.15) is 0 Å². The summed E-state index contributed by atoms with van der Waals surface area (Å²) in [5, 5.41) is 0.237. The molecule has 2 atom stereocenters. The molecule has 6 heteroatoms. The number of halogens is 1. The minimum atomic E-state index is -3.06. The molecule has 0 saturated heterocycles. The summed E-state index contributed by atoms with van der Waals surface area (Å²) >= 11 is 5.81. The van der Waals surface area contributed by atoms with Crippen molar-refractivity contribution >= 4 is 33.5 Å². The molecule has 120 valence electrons. The Kier molecular flexibility index (Phi) is 5.29. The summed E-state index contributed by atoms with van der Waals surface area (Å²) in [7, 11) is -3.06. The second kappa shape index (κ2) is 6.84. The van der Waals surface area contributed by atoms with E-state index in [4.69, 9.17) is 16.3 Å². The predicted octanol–water partition coefficient (Wildman–Crippen LogP) is 3.25. The van der Waals surface area contributed by atoms with E-state index in [1.807, 2.05) is 12.1 Å². The summed E-state index contributed by atoms with van der Waals surface area (Å²) in [5.74, 6) is -0.408. The number of esters is 1. The van der Waals surface area contributed by atoms with Gasteiger partial charge >= 0.3 is 5.97 Å². The highest BCUT2D eigenvalue weighted by Crippen LogP contribution is 2.28. The van der Waals surface area contributed by atoms with Crippen LogP contribution >= 0.6 is 11.6 Å². The summed E-state index contributed by atoms with van der Waals surface area (Å²) in [5.41, 5.74) is 1.34. The Labute approximate surface area is 136 Å². The molecule has 0 radical (unpaired) electrons. The summed E-state index contributed by atoms with van der Waals surface area (Å²) in [6.07, 6.45) is 4.17. The highest BCUT2D eigenvalue weighted by Gasteiger charge is 2.33. The number of hydrogen-bond donors (Lipinski definition) is 0. The van der Waals surface area contributed by atoms with Gasteiger partial charge in [-0.25, -0.2) is 13.2 Å². The van der Waals surface area contributed by atoms with Gasteiger partial charge in [0.2, 0.25) is 0 Å². The van der Waals surface area contributed by atoms with Gasteiger partial charge in [-0.05, 0) is 43.5 Å². The van der Waals surface area contributed by atoms with E-state index < -0.39 is 21.1 Å². The molecule has 0 N–H and O–H groups in total. The van der Waals surface area contributed by atoms with E-state index in [0.29, 0.717) is 29.9 Å². The Bertz CT molecular complexity index is 677. The average molecular weight is 343 g/mol. The number of rotatable bonds is 4. The van der Waals surface area contributed by atoms with Crippen LogP contribution in [0.1, 0.15) is 31.7 Å². The number of ether oxygens (including phenoxy) is 1. The molecule has 1 saturated carbocycles. The topological polar surface area (TPSA) is 60.4 Å². The number of carbonyl (C=O) groups excluding carboxylic acids is 1. The van der Waals surface area contributed by atoms with Crippen LogP contribution in [0.4, 0.5) is 0 Å². The van der Waals surface area contributed by atoms with Crippen molar-refractivity contribution in [1.29, 1.82) is 0 Å². The minimum absolute atomic E-state index is 0.319. The fourth-order valence-electron chi connectivity index (χ4n) is 2.51. The third-order valence-corrected chi connectivity index (χ3v) is 5.68. The molecule has 0 aliphatic heterocycles. The number of sulfone groups is 1. The van der Waals surface area contributed by atoms with Crippen LogP contribution in [0.3, 0.4) is 0 Å². The van der Waals surface area contributed by atoms with Crippen molar-refractivity contribution in [1.82, 2.24) is 0 Å². The molecular formula is C16H19ClO4S. The van der Waals surface area contributed by atoms with Crippen LogP contribution in [-0.2, 0) is 19.4 Å². The molecule has 0 amide bonds. The van der Waals surface area contributed by atoms with Crippen molar-refractivity contribution in [2.75, 3.05) is 6.26 Å². The molecule has 2 unspecified atom stereocenters. The fourth-order valence-corrected chi connectivity index (χ4v) is 3.76. The van der Waals surface area contributed by atoms with Gasteiger partial charge in [0.25, 0.3) is 0 Å². The summed E-state index contributed by atoms with van der Waals surface area (Å²) in [6, 6.07) is 7.13. The van der Waals surface area contributed by atoms with Gasteiger partial charge in [0, 0.05) is 23.3 Å². The molecule has 4 nitrogen and oxygen atoms in total. The van der Waals surface area contributed by atoms with Crippen molar-refractivity contribution in [2.24, 2.45) is 0 Å². The van der Waals surface area contributed by atoms with Crippen molar-refractivity contribution in [2.45, 2.75) is 37.5 Å². The van der Waals surface area contributed by atoms with E-state index in [2.05, 4.69) is 0 Å². The summed E-state index contributed by atoms with van der Waals surface area (Å²) in [6.45, 7) is 1.68. The molecule has 0 heterocycles. The zero-order valence-corrected chi connectivity index (χ0v) is 14.2. The first-order valence-electron chi connectivity index (χ1n) is 7.09. The Morgan fingerprint density at radius 1 is 1.27 bits per heavy atom. The molecule has 1 fully saturated rings. The molecule has 0 bridgehead atoms. The molecule has 2 rings (SSSR count). The standard InChI is InChI=1S/C16H19ClO4S/c1-11(9-12-3-5-13(17)6-4-12)16(18)21-14-7-8-15(10-14)22(2,19)20/h3-6,9,14-15H,7-8,10H2,1-2H3/b11-9+. The maximum absolute atomic E-state index is 12.1. The maximum Gasteiger partial charge on any atom is 0.334 e. The van der Waals surface area contributed by atoms with E-state index in [-0.39, 0.29) is 6.10 Å². The first kappa shape index (κ1) is 17.0. The second-order valence-corrected chi connectivity index (χ2v) is 8.43. The van der Waals surface area contributed by atoms with Gasteiger partial charge in [-0.3, -0.25) is 0 Å². The van der Waals surface area contributed by atoms with Crippen LogP contribution in [0.15, 0.2) is 29.8 Å². The van der Waals surface area contributed by atoms with Crippen molar-refractivity contribution < 1.29 is 17.9 Å². The smallest absolute Gasteiger partial charge is 0.334 e. The van der Waals surface area contributed by atoms with Crippen LogP contribution in [0.25, 0.3) is 6.08 Å². The van der Waals surface area contributed by atoms with Crippen LogP contribution in [0.5, 0.6) is 0 Å². The van der Waals surface area contributed by atoms with Crippen LogP contribution in [-0.4, -0.2) is 32.0 Å². The van der Waals surface area contributed by atoms with E-state index >= 15 is 0 Å². The highest BCUT2D eigenvalue weighted by molar-refractivity contribution is 7.91. The van der Waals surface area contributed by atoms with E-state index in [0.717, 1.165) is 5.56 Å². The third kappa shape index (κ3) is 4.58. The maximum atomic E-state index is 12.1. The molecule has 0 aromatic heterocycles. The quantitative estimate of drug-likeness (QED) is 0.622. The van der Waals surface area contributed by atoms with Gasteiger partial charge in [0.15, 0.2) is 0 Å². The molecule has 1 aliphatic rings. The molecule has 1 aliphatic carbocycles. The predicted molar refractivity (Wildman–Crippen MR) is 87.5 cm³/mol. The first-order chi connectivity index (χ1) is 10.3. The Hall–Kier alpha value is -1.33. The van der Waals surface area contributed by atoms with Gasteiger partial charge in [0.05, 0.1) is 5.25 Å². The lowest BCUT2D eigenvalue weighted by molar-refractivity contribution is -0.143. The SMILES string of the molecule is C/C(=C\c1ccc(Cl)cc1)C(=O)OC1CCC(S(C)(=O)=O)C1. The molecule has 1 aromatic carbocycles. The van der Waals surface area contributed by atoms with Gasteiger partial charge in [0.1, 0.15) is 15.9 Å². The third-order valence-electron chi connectivity index (χ3n) is 3.79. The molecule has 1 aromatic rings. The normalized spacial score (nSPS) is 22.6. The lowest BCUT2D eigenvalue weighted by Gasteiger charge is -2.12. The van der Waals surface area contributed by atoms with Gasteiger partial charge in [-0.15, -0.1) is 0 Å². The van der Waals surface area contributed by atoms with Crippen molar-refractivity contribution in [3.63, 3.8) is 0 Å². The first-order valence-corrected chi connectivity index (χ1v) is 9.42. The van der Waals surface area contributed by atoms with E-state index in [9.17, 15) is 13.2 Å². The van der Waals surface area contributed by atoms with Crippen LogP contribution in [0.2, 0.25) is 5.02 Å². The Morgan fingerprint density at radius 3 is 2.45 bits per heavy atom. The van der Waals surface area contributed by atoms with Crippen molar-refractivity contribution in [3.8, 4) is 0 Å². The highest BCUT2D eigenvalue weighted by atomic mass is 35.5. The largest absolute Gasteiger partial charge is 0.459 e. The fraction of sp³-hybridized carbons (Fsp3) is 0.438. The zero-order valence-electron chi connectivity index (χ0n) is 12.6. The number of carbonyl (C=O) groups is 1. The molecule has 22 heavy (non-hydrogen) atoms. The van der Waals surface area contributed by atoms with Crippen molar-refractivity contribution in [3.05, 3.63) is 40.4 Å². The van der Waals surface area contributed by atoms with E-state index in [1.54, 1.807) is 25.1 Å². The monoisotopic (exact) mass is 342 g/mol. The Balaban J connectivity index is 1.96. The number of benzene rings is 1. The lowest BCUT2D eigenvalue weighted by Crippen LogP contribution is -2.20. The minimum Gasteiger partial charge on any atom is -0.459 e. The van der Waals surface area contributed by atoms with Crippen LogP contribution in [0, 0.1) is 0 Å². The van der Waals surface area contributed by atoms with E-state index in [1.165, 1.54) is 6.26 Å². The zero-order chi connectivity index (χ0) is 16.3. The summed E-state index contributed by atoms with van der Waals surface area (Å²) in [4.78, 5) is 12.1.